The average Bonchev–Trinajstić information content (AvgIpc) is 2.88. The van der Waals surface area contributed by atoms with Gasteiger partial charge in [0.25, 0.3) is 5.91 Å². The predicted octanol–water partition coefficient (Wildman–Crippen LogP) is 2.10. The van der Waals surface area contributed by atoms with E-state index in [1.165, 1.54) is 42.4 Å². The van der Waals surface area contributed by atoms with Crippen molar-refractivity contribution in [3.8, 4) is 0 Å². The first-order valence-electron chi connectivity index (χ1n) is 5.86. The summed E-state index contributed by atoms with van der Waals surface area (Å²) in [5.74, 6) is -1.93. The zero-order chi connectivity index (χ0) is 15.4. The summed E-state index contributed by atoms with van der Waals surface area (Å²) in [5.41, 5.74) is 0.145. The molecule has 0 aliphatic carbocycles. The lowest BCUT2D eigenvalue weighted by Gasteiger charge is -2.04. The molecule has 0 unspecified atom stereocenters. The van der Waals surface area contributed by atoms with Crippen LogP contribution in [0.15, 0.2) is 30.6 Å². The van der Waals surface area contributed by atoms with E-state index in [2.05, 4.69) is 15.2 Å². The number of nitrogens with zero attached hydrogens (tertiary/aromatic N) is 2. The molecule has 1 aromatic carbocycles. The van der Waals surface area contributed by atoms with Crippen LogP contribution in [0.3, 0.4) is 0 Å². The molecule has 1 amide bonds. The summed E-state index contributed by atoms with van der Waals surface area (Å²) in [4.78, 5) is 23.0. The second kappa shape index (κ2) is 6.36. The topological polar surface area (TPSA) is 73.2 Å². The average molecular weight is 312 g/mol. The van der Waals surface area contributed by atoms with Crippen LogP contribution >= 0.6 is 11.6 Å². The molecule has 21 heavy (non-hydrogen) atoms. The molecule has 0 saturated heterocycles. The molecule has 0 spiro atoms. The van der Waals surface area contributed by atoms with Gasteiger partial charge in [-0.3, -0.25) is 14.3 Å². The third-order valence-corrected chi connectivity index (χ3v) is 2.90. The number of hydrogen-bond donors (Lipinski definition) is 1. The number of anilines is 1. The fourth-order valence-corrected chi connectivity index (χ4v) is 1.76. The molecule has 2 rings (SSSR count). The lowest BCUT2D eigenvalue weighted by atomic mass is 10.2. The van der Waals surface area contributed by atoms with Crippen LogP contribution in [0.2, 0.25) is 5.02 Å². The predicted molar refractivity (Wildman–Crippen MR) is 73.6 cm³/mol. The highest BCUT2D eigenvalue weighted by Gasteiger charge is 2.15. The molecule has 8 heteroatoms. The molecule has 0 saturated carbocycles. The quantitative estimate of drug-likeness (QED) is 0.878. The number of hydrogen-bond acceptors (Lipinski definition) is 4. The normalized spacial score (nSPS) is 10.2. The Morgan fingerprint density at radius 3 is 2.95 bits per heavy atom. The molecule has 0 bridgehead atoms. The van der Waals surface area contributed by atoms with Gasteiger partial charge in [-0.05, 0) is 12.1 Å². The molecule has 0 atom stereocenters. The molecule has 1 aromatic heterocycles. The van der Waals surface area contributed by atoms with Crippen molar-refractivity contribution in [3.05, 3.63) is 47.0 Å². The number of aromatic nitrogens is 2. The van der Waals surface area contributed by atoms with Crippen molar-refractivity contribution in [1.29, 1.82) is 0 Å². The molecule has 0 aliphatic rings. The van der Waals surface area contributed by atoms with Gasteiger partial charge in [0, 0.05) is 6.20 Å². The SMILES string of the molecule is COC(=O)Cn1cc(NC(=O)c2cccc(Cl)c2F)cn1. The van der Waals surface area contributed by atoms with Crippen LogP contribution in [0.1, 0.15) is 10.4 Å². The van der Waals surface area contributed by atoms with Crippen LogP contribution in [0.25, 0.3) is 0 Å². The fourth-order valence-electron chi connectivity index (χ4n) is 1.59. The van der Waals surface area contributed by atoms with E-state index in [1.807, 2.05) is 0 Å². The second-order valence-corrected chi connectivity index (χ2v) is 4.47. The van der Waals surface area contributed by atoms with E-state index < -0.39 is 17.7 Å². The van der Waals surface area contributed by atoms with Crippen LogP contribution in [0, 0.1) is 5.82 Å². The van der Waals surface area contributed by atoms with Gasteiger partial charge >= 0.3 is 5.97 Å². The lowest BCUT2D eigenvalue weighted by molar-refractivity contribution is -0.141. The minimum atomic E-state index is -0.793. The van der Waals surface area contributed by atoms with Crippen molar-refractivity contribution in [2.75, 3.05) is 12.4 Å². The maximum Gasteiger partial charge on any atom is 0.327 e. The summed E-state index contributed by atoms with van der Waals surface area (Å²) in [6.45, 7) is -0.0854. The van der Waals surface area contributed by atoms with Gasteiger partial charge in [0.1, 0.15) is 6.54 Å². The Hall–Kier alpha value is -2.41. The van der Waals surface area contributed by atoms with Crippen LogP contribution < -0.4 is 5.32 Å². The number of carbonyl (C=O) groups is 2. The zero-order valence-corrected chi connectivity index (χ0v) is 11.7. The molecular formula is C13H11ClFN3O3. The Kier molecular flexibility index (Phi) is 4.54. The van der Waals surface area contributed by atoms with Gasteiger partial charge in [0.2, 0.25) is 0 Å². The molecule has 0 radical (unpaired) electrons. The van der Waals surface area contributed by atoms with Crippen LogP contribution in [0.4, 0.5) is 10.1 Å². The summed E-state index contributed by atoms with van der Waals surface area (Å²) < 4.78 is 19.5. The maximum absolute atomic E-state index is 13.7. The summed E-state index contributed by atoms with van der Waals surface area (Å²) in [6, 6.07) is 4.14. The van der Waals surface area contributed by atoms with Gasteiger partial charge in [-0.2, -0.15) is 5.10 Å². The number of esters is 1. The summed E-state index contributed by atoms with van der Waals surface area (Å²) >= 11 is 5.62. The molecule has 1 N–H and O–H groups in total. The highest BCUT2D eigenvalue weighted by molar-refractivity contribution is 6.31. The minimum absolute atomic E-state index is 0.0854. The van der Waals surface area contributed by atoms with E-state index in [0.29, 0.717) is 5.69 Å². The van der Waals surface area contributed by atoms with E-state index in [1.54, 1.807) is 0 Å². The molecule has 110 valence electrons. The van der Waals surface area contributed by atoms with Gasteiger partial charge in [0.15, 0.2) is 5.82 Å². The summed E-state index contributed by atoms with van der Waals surface area (Å²) in [5, 5.41) is 6.20. The van der Waals surface area contributed by atoms with Crippen LogP contribution in [-0.2, 0) is 16.1 Å². The molecule has 0 fully saturated rings. The number of amides is 1. The van der Waals surface area contributed by atoms with E-state index >= 15 is 0 Å². The van der Waals surface area contributed by atoms with E-state index in [-0.39, 0.29) is 17.1 Å². The standard InChI is InChI=1S/C13H11ClFN3O3/c1-21-11(19)7-18-6-8(5-16-18)17-13(20)9-3-2-4-10(14)12(9)15/h2-6H,7H2,1H3,(H,17,20). The number of nitrogens with one attached hydrogen (secondary N) is 1. The number of halogens is 2. The van der Waals surface area contributed by atoms with Crippen molar-refractivity contribution in [2.24, 2.45) is 0 Å². The molecule has 2 aromatic rings. The fraction of sp³-hybridized carbons (Fsp3) is 0.154. The number of carbonyl (C=O) groups excluding carboxylic acids is 2. The van der Waals surface area contributed by atoms with Gasteiger partial charge in [0.05, 0.1) is 29.6 Å². The Morgan fingerprint density at radius 2 is 2.24 bits per heavy atom. The maximum atomic E-state index is 13.7. The Balaban J connectivity index is 2.09. The molecule has 1 heterocycles. The van der Waals surface area contributed by atoms with Crippen molar-refractivity contribution in [1.82, 2.24) is 9.78 Å². The monoisotopic (exact) mass is 311 g/mol. The number of benzene rings is 1. The Bertz CT molecular complexity index is 687. The molecular weight excluding hydrogens is 301 g/mol. The van der Waals surface area contributed by atoms with Crippen molar-refractivity contribution < 1.29 is 18.7 Å². The summed E-state index contributed by atoms with van der Waals surface area (Å²) in [7, 11) is 1.26. The van der Waals surface area contributed by atoms with Gasteiger partial charge < -0.3 is 10.1 Å². The summed E-state index contributed by atoms with van der Waals surface area (Å²) in [6.07, 6.45) is 2.76. The number of ether oxygens (including phenoxy) is 1. The van der Waals surface area contributed by atoms with E-state index in [0.717, 1.165) is 0 Å². The van der Waals surface area contributed by atoms with Gasteiger partial charge in [-0.25, -0.2) is 4.39 Å². The van der Waals surface area contributed by atoms with Crippen molar-refractivity contribution in [2.45, 2.75) is 6.54 Å². The Labute approximate surface area is 124 Å². The van der Waals surface area contributed by atoms with E-state index in [4.69, 9.17) is 11.6 Å². The second-order valence-electron chi connectivity index (χ2n) is 4.06. The van der Waals surface area contributed by atoms with Crippen molar-refractivity contribution in [3.63, 3.8) is 0 Å². The third-order valence-electron chi connectivity index (χ3n) is 2.61. The first-order valence-corrected chi connectivity index (χ1v) is 6.23. The number of methoxy groups -OCH3 is 1. The largest absolute Gasteiger partial charge is 0.468 e. The Morgan fingerprint density at radius 1 is 1.48 bits per heavy atom. The minimum Gasteiger partial charge on any atom is -0.468 e. The molecule has 6 nitrogen and oxygen atoms in total. The zero-order valence-electron chi connectivity index (χ0n) is 11.0. The highest BCUT2D eigenvalue weighted by atomic mass is 35.5. The van der Waals surface area contributed by atoms with Gasteiger partial charge in [-0.15, -0.1) is 0 Å². The van der Waals surface area contributed by atoms with Crippen molar-refractivity contribution >= 4 is 29.2 Å². The first kappa shape index (κ1) is 15.0. The third kappa shape index (κ3) is 3.57. The molecule has 0 aliphatic heterocycles. The highest BCUT2D eigenvalue weighted by Crippen LogP contribution is 2.19. The smallest absolute Gasteiger partial charge is 0.327 e. The number of rotatable bonds is 4. The van der Waals surface area contributed by atoms with Crippen LogP contribution in [0.5, 0.6) is 0 Å². The first-order chi connectivity index (χ1) is 10.0. The van der Waals surface area contributed by atoms with Crippen LogP contribution in [-0.4, -0.2) is 28.8 Å². The lowest BCUT2D eigenvalue weighted by Crippen LogP contribution is -2.14. The van der Waals surface area contributed by atoms with Gasteiger partial charge in [-0.1, -0.05) is 17.7 Å². The van der Waals surface area contributed by atoms with E-state index in [9.17, 15) is 14.0 Å².